The van der Waals surface area contributed by atoms with E-state index in [0.29, 0.717) is 11.3 Å². The monoisotopic (exact) mass is 354 g/mol. The summed E-state index contributed by atoms with van der Waals surface area (Å²) in [6.45, 7) is 6.38. The van der Waals surface area contributed by atoms with Crippen LogP contribution in [0.4, 0.5) is 15.2 Å². The fourth-order valence-electron chi connectivity index (χ4n) is 1.68. The Hall–Kier alpha value is -1.67. The van der Waals surface area contributed by atoms with Crippen molar-refractivity contribution in [3.63, 3.8) is 0 Å². The van der Waals surface area contributed by atoms with E-state index in [1.165, 1.54) is 29.2 Å². The van der Waals surface area contributed by atoms with Gasteiger partial charge in [0.15, 0.2) is 4.34 Å². The standard InChI is InChI=1S/C15H19FN4OS2/c1-4-7-17-14-19-20-15(23-14)22-10(3)13(21)18-11-6-5-9(2)12(16)8-11/h5-6,8,10H,4,7H2,1-3H3,(H,17,19)(H,18,21)/t10-/m1/s1. The van der Waals surface area contributed by atoms with Crippen LogP contribution in [0.2, 0.25) is 0 Å². The third-order valence-electron chi connectivity index (χ3n) is 3.02. The van der Waals surface area contributed by atoms with Gasteiger partial charge in [-0.25, -0.2) is 4.39 Å². The Bertz CT molecular complexity index is 677. The molecule has 0 aliphatic rings. The van der Waals surface area contributed by atoms with Gasteiger partial charge in [0, 0.05) is 12.2 Å². The van der Waals surface area contributed by atoms with E-state index in [-0.39, 0.29) is 17.0 Å². The number of thioether (sulfide) groups is 1. The summed E-state index contributed by atoms with van der Waals surface area (Å²) >= 11 is 2.75. The molecule has 1 aromatic heterocycles. The molecule has 8 heteroatoms. The highest BCUT2D eigenvalue weighted by Gasteiger charge is 2.17. The van der Waals surface area contributed by atoms with Crippen molar-refractivity contribution in [2.75, 3.05) is 17.2 Å². The van der Waals surface area contributed by atoms with Crippen LogP contribution in [-0.2, 0) is 4.79 Å². The molecule has 2 aromatic rings. The first-order valence-corrected chi connectivity index (χ1v) is 9.00. The maximum Gasteiger partial charge on any atom is 0.237 e. The number of hydrogen-bond donors (Lipinski definition) is 2. The molecule has 1 atom stereocenters. The van der Waals surface area contributed by atoms with Gasteiger partial charge in [0.05, 0.1) is 5.25 Å². The number of hydrogen-bond acceptors (Lipinski definition) is 6. The van der Waals surface area contributed by atoms with Crippen LogP contribution in [0.15, 0.2) is 22.5 Å². The largest absolute Gasteiger partial charge is 0.360 e. The molecule has 0 spiro atoms. The lowest BCUT2D eigenvalue weighted by Crippen LogP contribution is -2.22. The van der Waals surface area contributed by atoms with Crippen molar-refractivity contribution in [1.29, 1.82) is 0 Å². The van der Waals surface area contributed by atoms with Crippen molar-refractivity contribution < 1.29 is 9.18 Å². The number of aryl methyl sites for hydroxylation is 1. The number of benzene rings is 1. The minimum Gasteiger partial charge on any atom is -0.360 e. The number of amides is 1. The number of rotatable bonds is 7. The van der Waals surface area contributed by atoms with Crippen LogP contribution in [0.25, 0.3) is 0 Å². The fraction of sp³-hybridized carbons (Fsp3) is 0.400. The predicted octanol–water partition coefficient (Wildman–Crippen LogP) is 3.93. The molecular weight excluding hydrogens is 335 g/mol. The second kappa shape index (κ2) is 8.26. The predicted molar refractivity (Wildman–Crippen MR) is 93.8 cm³/mol. The Balaban J connectivity index is 1.91. The molecular formula is C15H19FN4OS2. The molecule has 2 N–H and O–H groups in total. The van der Waals surface area contributed by atoms with Crippen molar-refractivity contribution in [2.24, 2.45) is 0 Å². The van der Waals surface area contributed by atoms with E-state index in [1.54, 1.807) is 26.0 Å². The zero-order valence-corrected chi connectivity index (χ0v) is 14.9. The number of nitrogens with one attached hydrogen (secondary N) is 2. The van der Waals surface area contributed by atoms with Crippen molar-refractivity contribution in [1.82, 2.24) is 10.2 Å². The van der Waals surface area contributed by atoms with Crippen LogP contribution < -0.4 is 10.6 Å². The zero-order valence-electron chi connectivity index (χ0n) is 13.2. The van der Waals surface area contributed by atoms with E-state index in [9.17, 15) is 9.18 Å². The zero-order chi connectivity index (χ0) is 16.8. The lowest BCUT2D eigenvalue weighted by Gasteiger charge is -2.10. The third kappa shape index (κ3) is 5.18. The highest BCUT2D eigenvalue weighted by atomic mass is 32.2. The van der Waals surface area contributed by atoms with Gasteiger partial charge in [-0.1, -0.05) is 36.1 Å². The Morgan fingerprint density at radius 2 is 2.22 bits per heavy atom. The highest BCUT2D eigenvalue weighted by molar-refractivity contribution is 8.02. The SMILES string of the molecule is CCCNc1nnc(S[C@H](C)C(=O)Nc2ccc(C)c(F)c2)s1. The lowest BCUT2D eigenvalue weighted by atomic mass is 10.2. The number of aromatic nitrogens is 2. The van der Waals surface area contributed by atoms with Crippen molar-refractivity contribution in [2.45, 2.75) is 36.8 Å². The molecule has 0 unspecified atom stereocenters. The van der Waals surface area contributed by atoms with Gasteiger partial charge in [-0.3, -0.25) is 4.79 Å². The second-order valence-corrected chi connectivity index (χ2v) is 7.58. The average Bonchev–Trinajstić information content (AvgIpc) is 2.96. The number of carbonyl (C=O) groups is 1. The van der Waals surface area contributed by atoms with E-state index in [0.717, 1.165) is 22.4 Å². The molecule has 124 valence electrons. The van der Waals surface area contributed by atoms with E-state index >= 15 is 0 Å². The van der Waals surface area contributed by atoms with Crippen LogP contribution >= 0.6 is 23.1 Å². The highest BCUT2D eigenvalue weighted by Crippen LogP contribution is 2.29. The average molecular weight is 354 g/mol. The smallest absolute Gasteiger partial charge is 0.237 e. The van der Waals surface area contributed by atoms with Crippen LogP contribution in [-0.4, -0.2) is 27.9 Å². The first-order valence-electron chi connectivity index (χ1n) is 7.30. The number of halogens is 1. The number of anilines is 2. The number of nitrogens with zero attached hydrogens (tertiary/aromatic N) is 2. The molecule has 0 fully saturated rings. The minimum absolute atomic E-state index is 0.198. The topological polar surface area (TPSA) is 66.9 Å². The van der Waals surface area contributed by atoms with E-state index in [1.807, 2.05) is 0 Å². The third-order valence-corrected chi connectivity index (χ3v) is 5.08. The molecule has 23 heavy (non-hydrogen) atoms. The van der Waals surface area contributed by atoms with Gasteiger partial charge >= 0.3 is 0 Å². The van der Waals surface area contributed by atoms with Crippen LogP contribution in [0.5, 0.6) is 0 Å². The van der Waals surface area contributed by atoms with Crippen molar-refractivity contribution in [3.05, 3.63) is 29.6 Å². The van der Waals surface area contributed by atoms with E-state index in [4.69, 9.17) is 0 Å². The molecule has 0 radical (unpaired) electrons. The van der Waals surface area contributed by atoms with Crippen molar-refractivity contribution in [3.8, 4) is 0 Å². The fourth-order valence-corrected chi connectivity index (χ4v) is 3.60. The summed E-state index contributed by atoms with van der Waals surface area (Å²) in [4.78, 5) is 12.2. The summed E-state index contributed by atoms with van der Waals surface area (Å²) in [7, 11) is 0. The Labute approximate surface area is 143 Å². The van der Waals surface area contributed by atoms with Crippen molar-refractivity contribution >= 4 is 39.8 Å². The molecule has 5 nitrogen and oxygen atoms in total. The number of carbonyl (C=O) groups excluding carboxylic acids is 1. The summed E-state index contributed by atoms with van der Waals surface area (Å²) in [5.41, 5.74) is 1.000. The second-order valence-electron chi connectivity index (χ2n) is 5.01. The Morgan fingerprint density at radius 3 is 2.91 bits per heavy atom. The van der Waals surface area contributed by atoms with Gasteiger partial charge in [0.2, 0.25) is 11.0 Å². The molecule has 1 aromatic carbocycles. The van der Waals surface area contributed by atoms with Gasteiger partial charge in [0.1, 0.15) is 5.82 Å². The first kappa shape index (κ1) is 17.7. The summed E-state index contributed by atoms with van der Waals surface area (Å²) in [6.07, 6.45) is 1.01. The molecule has 1 heterocycles. The summed E-state index contributed by atoms with van der Waals surface area (Å²) in [6, 6.07) is 4.65. The molecule has 0 saturated carbocycles. The van der Waals surface area contributed by atoms with Gasteiger partial charge < -0.3 is 10.6 Å². The molecule has 0 aliphatic heterocycles. The Morgan fingerprint density at radius 1 is 1.43 bits per heavy atom. The van der Waals surface area contributed by atoms with E-state index in [2.05, 4.69) is 27.8 Å². The normalized spacial score (nSPS) is 12.0. The van der Waals surface area contributed by atoms with Gasteiger partial charge in [-0.2, -0.15) is 0 Å². The van der Waals surface area contributed by atoms with Gasteiger partial charge in [-0.05, 0) is 38.0 Å². The minimum atomic E-state index is -0.355. The summed E-state index contributed by atoms with van der Waals surface area (Å²) < 4.78 is 14.2. The van der Waals surface area contributed by atoms with Gasteiger partial charge in [0.25, 0.3) is 0 Å². The lowest BCUT2D eigenvalue weighted by molar-refractivity contribution is -0.115. The molecule has 0 aliphatic carbocycles. The van der Waals surface area contributed by atoms with Crippen LogP contribution in [0.3, 0.4) is 0 Å². The molecule has 0 saturated heterocycles. The molecule has 1 amide bonds. The van der Waals surface area contributed by atoms with E-state index < -0.39 is 0 Å². The molecule has 0 bridgehead atoms. The first-order chi connectivity index (χ1) is 11.0. The van der Waals surface area contributed by atoms with Crippen LogP contribution in [0, 0.1) is 12.7 Å². The maximum atomic E-state index is 13.5. The quantitative estimate of drug-likeness (QED) is 0.738. The molecule has 2 rings (SSSR count). The summed E-state index contributed by atoms with van der Waals surface area (Å²) in [5, 5.41) is 14.3. The Kier molecular flexibility index (Phi) is 6.35. The summed E-state index contributed by atoms with van der Waals surface area (Å²) in [5.74, 6) is -0.532. The maximum absolute atomic E-state index is 13.5. The van der Waals surface area contributed by atoms with Crippen LogP contribution in [0.1, 0.15) is 25.8 Å². The van der Waals surface area contributed by atoms with Gasteiger partial charge in [-0.15, -0.1) is 10.2 Å².